The number of nitrogens with zero attached hydrogens (tertiary/aromatic N) is 1. The smallest absolute Gasteiger partial charge is 0.246 e. The minimum absolute atomic E-state index is 0.0369. The summed E-state index contributed by atoms with van der Waals surface area (Å²) in [6.07, 6.45) is 0.407. The highest BCUT2D eigenvalue weighted by atomic mass is 32.2. The Labute approximate surface area is 108 Å². The van der Waals surface area contributed by atoms with Crippen molar-refractivity contribution in [1.82, 2.24) is 4.31 Å². The molecule has 1 N–H and O–H groups in total. The Morgan fingerprint density at radius 3 is 2.61 bits per heavy atom. The minimum atomic E-state index is -3.58. The first-order valence-corrected chi connectivity index (χ1v) is 7.09. The summed E-state index contributed by atoms with van der Waals surface area (Å²) in [5.41, 5.74) is 0.852. The van der Waals surface area contributed by atoms with Crippen molar-refractivity contribution in [3.63, 3.8) is 0 Å². The van der Waals surface area contributed by atoms with E-state index in [0.29, 0.717) is 12.2 Å². The summed E-state index contributed by atoms with van der Waals surface area (Å²) in [6, 6.07) is 5.03. The average molecular weight is 273 g/mol. The van der Waals surface area contributed by atoms with Crippen LogP contribution in [0.1, 0.15) is 12.0 Å². The highest BCUT2D eigenvalue weighted by Gasteiger charge is 2.24. The zero-order chi connectivity index (χ0) is 13.8. The van der Waals surface area contributed by atoms with Crippen LogP contribution in [-0.4, -0.2) is 45.1 Å². The van der Waals surface area contributed by atoms with Gasteiger partial charge in [-0.3, -0.25) is 0 Å². The van der Waals surface area contributed by atoms with Gasteiger partial charge in [0.05, 0.1) is 7.11 Å². The van der Waals surface area contributed by atoms with Crippen molar-refractivity contribution in [2.45, 2.75) is 18.2 Å². The van der Waals surface area contributed by atoms with E-state index in [4.69, 9.17) is 9.84 Å². The third kappa shape index (κ3) is 3.22. The molecule has 0 saturated carbocycles. The summed E-state index contributed by atoms with van der Waals surface area (Å²) in [6.45, 7) is 2.06. The Balaban J connectivity index is 3.14. The van der Waals surface area contributed by atoms with E-state index in [0.717, 1.165) is 5.56 Å². The standard InChI is InChI=1S/C12H19NO4S/c1-10-5-6-11(17-3)12(9-10)18(15,16)13(2)7-4-8-14/h5-6,9,14H,4,7-8H2,1-3H3. The maximum absolute atomic E-state index is 12.3. The van der Waals surface area contributed by atoms with Gasteiger partial charge in [0.15, 0.2) is 0 Å². The molecule has 6 heteroatoms. The van der Waals surface area contributed by atoms with Crippen LogP contribution in [0.5, 0.6) is 5.75 Å². The van der Waals surface area contributed by atoms with Gasteiger partial charge in [0.25, 0.3) is 0 Å². The van der Waals surface area contributed by atoms with Crippen LogP contribution in [0.2, 0.25) is 0 Å². The molecule has 0 aliphatic rings. The summed E-state index contributed by atoms with van der Waals surface area (Å²) >= 11 is 0. The average Bonchev–Trinajstić information content (AvgIpc) is 2.35. The molecule has 1 rings (SSSR count). The van der Waals surface area contributed by atoms with Crippen LogP contribution in [0.4, 0.5) is 0 Å². The molecule has 0 bridgehead atoms. The molecular weight excluding hydrogens is 254 g/mol. The Morgan fingerprint density at radius 1 is 1.39 bits per heavy atom. The van der Waals surface area contributed by atoms with Crippen molar-refractivity contribution in [3.05, 3.63) is 23.8 Å². The second kappa shape index (κ2) is 6.17. The molecule has 0 amide bonds. The van der Waals surface area contributed by atoms with Crippen molar-refractivity contribution in [2.75, 3.05) is 27.3 Å². The van der Waals surface area contributed by atoms with E-state index in [-0.39, 0.29) is 18.0 Å². The number of aliphatic hydroxyl groups excluding tert-OH is 1. The molecule has 0 unspecified atom stereocenters. The van der Waals surface area contributed by atoms with E-state index in [2.05, 4.69) is 0 Å². The largest absolute Gasteiger partial charge is 0.495 e. The highest BCUT2D eigenvalue weighted by molar-refractivity contribution is 7.89. The Bertz CT molecular complexity index is 499. The third-order valence-electron chi connectivity index (χ3n) is 2.64. The second-order valence-corrected chi connectivity index (χ2v) is 6.07. The first-order chi connectivity index (χ1) is 8.43. The molecule has 0 aliphatic heterocycles. The molecule has 102 valence electrons. The molecule has 1 aromatic carbocycles. The maximum atomic E-state index is 12.3. The van der Waals surface area contributed by atoms with Crippen molar-refractivity contribution in [2.24, 2.45) is 0 Å². The monoisotopic (exact) mass is 273 g/mol. The van der Waals surface area contributed by atoms with Gasteiger partial charge in [-0.25, -0.2) is 12.7 Å². The Kier molecular flexibility index (Phi) is 5.13. The predicted molar refractivity (Wildman–Crippen MR) is 69.2 cm³/mol. The quantitative estimate of drug-likeness (QED) is 0.840. The molecule has 0 saturated heterocycles. The molecule has 0 fully saturated rings. The van der Waals surface area contributed by atoms with Gasteiger partial charge in [0.1, 0.15) is 10.6 Å². The maximum Gasteiger partial charge on any atom is 0.246 e. The van der Waals surface area contributed by atoms with Gasteiger partial charge in [-0.15, -0.1) is 0 Å². The third-order valence-corrected chi connectivity index (χ3v) is 4.52. The molecule has 0 spiro atoms. The molecule has 0 heterocycles. The summed E-state index contributed by atoms with van der Waals surface area (Å²) in [4.78, 5) is 0.158. The first kappa shape index (κ1) is 14.9. The lowest BCUT2D eigenvalue weighted by atomic mass is 10.2. The van der Waals surface area contributed by atoms with E-state index in [1.807, 2.05) is 6.92 Å². The van der Waals surface area contributed by atoms with E-state index in [1.165, 1.54) is 18.5 Å². The number of sulfonamides is 1. The van der Waals surface area contributed by atoms with Crippen LogP contribution in [0.15, 0.2) is 23.1 Å². The summed E-state index contributed by atoms with van der Waals surface area (Å²) in [5.74, 6) is 0.330. The van der Waals surface area contributed by atoms with Crippen molar-refractivity contribution in [3.8, 4) is 5.75 Å². The van der Waals surface area contributed by atoms with Crippen molar-refractivity contribution >= 4 is 10.0 Å². The molecular formula is C12H19NO4S. The number of aryl methyl sites for hydroxylation is 1. The first-order valence-electron chi connectivity index (χ1n) is 5.65. The molecule has 0 aromatic heterocycles. The zero-order valence-electron chi connectivity index (χ0n) is 10.9. The number of aliphatic hydroxyl groups is 1. The Hall–Kier alpha value is -1.11. The predicted octanol–water partition coefficient (Wildman–Crippen LogP) is 1.01. The van der Waals surface area contributed by atoms with Crippen LogP contribution in [-0.2, 0) is 10.0 Å². The summed E-state index contributed by atoms with van der Waals surface area (Å²) in [7, 11) is -0.645. The van der Waals surface area contributed by atoms with Crippen molar-refractivity contribution < 1.29 is 18.3 Å². The SMILES string of the molecule is COc1ccc(C)cc1S(=O)(=O)N(C)CCCO. The van der Waals surface area contributed by atoms with E-state index in [1.54, 1.807) is 18.2 Å². The van der Waals surface area contributed by atoms with Gasteiger partial charge in [-0.05, 0) is 31.0 Å². The highest BCUT2D eigenvalue weighted by Crippen LogP contribution is 2.27. The number of hydrogen-bond acceptors (Lipinski definition) is 4. The number of rotatable bonds is 6. The fraction of sp³-hybridized carbons (Fsp3) is 0.500. The number of benzene rings is 1. The zero-order valence-corrected chi connectivity index (χ0v) is 11.7. The summed E-state index contributed by atoms with van der Waals surface area (Å²) in [5, 5.41) is 8.75. The van der Waals surface area contributed by atoms with Gasteiger partial charge in [0.2, 0.25) is 10.0 Å². The van der Waals surface area contributed by atoms with E-state index in [9.17, 15) is 8.42 Å². The fourth-order valence-electron chi connectivity index (χ4n) is 1.57. The van der Waals surface area contributed by atoms with Crippen LogP contribution in [0, 0.1) is 6.92 Å². The van der Waals surface area contributed by atoms with Crippen LogP contribution >= 0.6 is 0 Å². The Morgan fingerprint density at radius 2 is 2.06 bits per heavy atom. The normalized spacial score (nSPS) is 11.8. The van der Waals surface area contributed by atoms with E-state index < -0.39 is 10.0 Å². The van der Waals surface area contributed by atoms with Crippen LogP contribution < -0.4 is 4.74 Å². The molecule has 0 radical (unpaired) electrons. The molecule has 0 aliphatic carbocycles. The number of methoxy groups -OCH3 is 1. The lowest BCUT2D eigenvalue weighted by Crippen LogP contribution is -2.28. The fourth-order valence-corrected chi connectivity index (χ4v) is 3.01. The van der Waals surface area contributed by atoms with Crippen LogP contribution in [0.3, 0.4) is 0 Å². The van der Waals surface area contributed by atoms with Gasteiger partial charge in [-0.1, -0.05) is 6.07 Å². The number of hydrogen-bond donors (Lipinski definition) is 1. The molecule has 0 atom stereocenters. The topological polar surface area (TPSA) is 66.8 Å². The van der Waals surface area contributed by atoms with Gasteiger partial charge >= 0.3 is 0 Å². The van der Waals surface area contributed by atoms with E-state index >= 15 is 0 Å². The molecule has 5 nitrogen and oxygen atoms in total. The summed E-state index contributed by atoms with van der Waals surface area (Å²) < 4.78 is 31.0. The minimum Gasteiger partial charge on any atom is -0.495 e. The van der Waals surface area contributed by atoms with Gasteiger partial charge in [0, 0.05) is 20.2 Å². The van der Waals surface area contributed by atoms with Crippen LogP contribution in [0.25, 0.3) is 0 Å². The lowest BCUT2D eigenvalue weighted by molar-refractivity contribution is 0.275. The molecule has 1 aromatic rings. The number of ether oxygens (including phenoxy) is 1. The van der Waals surface area contributed by atoms with Gasteiger partial charge < -0.3 is 9.84 Å². The van der Waals surface area contributed by atoms with Crippen molar-refractivity contribution in [1.29, 1.82) is 0 Å². The van der Waals surface area contributed by atoms with Gasteiger partial charge in [-0.2, -0.15) is 0 Å². The second-order valence-electron chi connectivity index (χ2n) is 4.06. The lowest BCUT2D eigenvalue weighted by Gasteiger charge is -2.18. The molecule has 18 heavy (non-hydrogen) atoms.